The third-order valence-corrected chi connectivity index (χ3v) is 4.27. The van der Waals surface area contributed by atoms with Crippen LogP contribution in [0.3, 0.4) is 0 Å². The van der Waals surface area contributed by atoms with Gasteiger partial charge in [-0.25, -0.2) is 0 Å². The Bertz CT molecular complexity index is 767. The normalized spacial score (nSPS) is 20.7. The lowest BCUT2D eigenvalue weighted by Crippen LogP contribution is -2.48. The first-order valence-electron chi connectivity index (χ1n) is 7.56. The second-order valence-electron chi connectivity index (χ2n) is 6.75. The minimum Gasteiger partial charge on any atom is -0.264 e. The van der Waals surface area contributed by atoms with Crippen LogP contribution in [0.25, 0.3) is 16.8 Å². The summed E-state index contributed by atoms with van der Waals surface area (Å²) in [7, 11) is 0. The van der Waals surface area contributed by atoms with E-state index >= 15 is 0 Å². The van der Waals surface area contributed by atoms with Crippen LogP contribution in [0, 0.1) is 0 Å². The summed E-state index contributed by atoms with van der Waals surface area (Å²) in [6, 6.07) is 14.5. The summed E-state index contributed by atoms with van der Waals surface area (Å²) < 4.78 is 0. The van der Waals surface area contributed by atoms with Gasteiger partial charge >= 0.3 is 0 Å². The molecule has 0 N–H and O–H groups in total. The van der Waals surface area contributed by atoms with Gasteiger partial charge in [-0.2, -0.15) is 0 Å². The van der Waals surface area contributed by atoms with E-state index in [0.29, 0.717) is 0 Å². The van der Waals surface area contributed by atoms with Crippen LogP contribution >= 0.6 is 0 Å². The van der Waals surface area contributed by atoms with Gasteiger partial charge in [-0.05, 0) is 50.1 Å². The molecule has 2 aromatic carbocycles. The maximum Gasteiger partial charge on any atom is 0.134 e. The summed E-state index contributed by atoms with van der Waals surface area (Å²) in [6.07, 6.45) is 4.03. The zero-order valence-corrected chi connectivity index (χ0v) is 13.5. The largest absolute Gasteiger partial charge is 0.264 e. The van der Waals surface area contributed by atoms with Gasteiger partial charge in [0.05, 0.1) is 11.3 Å². The summed E-state index contributed by atoms with van der Waals surface area (Å²) in [4.78, 5) is 4.59. The molecule has 0 unspecified atom stereocenters. The van der Waals surface area contributed by atoms with Crippen molar-refractivity contribution >= 4 is 22.6 Å². The molecule has 3 nitrogen and oxygen atoms in total. The van der Waals surface area contributed by atoms with Crippen molar-refractivity contribution in [2.24, 2.45) is 4.99 Å². The topological polar surface area (TPSA) is 35.5 Å². The molecule has 113 valence electrons. The van der Waals surface area contributed by atoms with Crippen LogP contribution in [0.2, 0.25) is 0 Å². The maximum absolute atomic E-state index is 12.4. The van der Waals surface area contributed by atoms with Gasteiger partial charge in [0.25, 0.3) is 0 Å². The van der Waals surface area contributed by atoms with E-state index in [-0.39, 0.29) is 0 Å². The number of rotatable bonds is 2. The van der Waals surface area contributed by atoms with Gasteiger partial charge in [-0.1, -0.05) is 48.5 Å². The summed E-state index contributed by atoms with van der Waals surface area (Å²) in [6.45, 7) is 7.53. The Morgan fingerprint density at radius 1 is 0.955 bits per heavy atom. The molecule has 1 aliphatic heterocycles. The van der Waals surface area contributed by atoms with Crippen molar-refractivity contribution in [3.05, 3.63) is 54.1 Å². The fourth-order valence-corrected chi connectivity index (χ4v) is 3.07. The smallest absolute Gasteiger partial charge is 0.134 e. The number of hydroxylamine groups is 2. The zero-order valence-electron chi connectivity index (χ0n) is 13.5. The monoisotopic (exact) mass is 293 g/mol. The van der Waals surface area contributed by atoms with Gasteiger partial charge in [-0.15, -0.1) is 10.3 Å². The molecule has 0 spiro atoms. The molecule has 0 saturated carbocycles. The third kappa shape index (κ3) is 2.36. The molecule has 1 radical (unpaired) electrons. The quantitative estimate of drug-likeness (QED) is 0.804. The van der Waals surface area contributed by atoms with Crippen LogP contribution in [-0.4, -0.2) is 22.0 Å². The summed E-state index contributed by atoms with van der Waals surface area (Å²) in [5, 5.41) is 15.8. The molecule has 1 aliphatic rings. The van der Waals surface area contributed by atoms with Crippen LogP contribution in [0.15, 0.2) is 53.5 Å². The molecule has 0 amide bonds. The fourth-order valence-electron chi connectivity index (χ4n) is 3.07. The molecule has 0 saturated heterocycles. The van der Waals surface area contributed by atoms with Crippen LogP contribution in [0.1, 0.15) is 33.3 Å². The SMILES string of the molecule is CC1(C)N=C(/C=C/c2cccc3ccccc23)C(C)(C)N1[O]. The number of benzene rings is 2. The lowest BCUT2D eigenvalue weighted by Gasteiger charge is -2.30. The predicted octanol–water partition coefficient (Wildman–Crippen LogP) is 4.47. The molecule has 0 atom stereocenters. The van der Waals surface area contributed by atoms with E-state index in [9.17, 15) is 5.21 Å². The summed E-state index contributed by atoms with van der Waals surface area (Å²) in [5.74, 6) is 0. The highest BCUT2D eigenvalue weighted by Gasteiger charge is 2.47. The molecule has 3 heteroatoms. The molecule has 0 aliphatic carbocycles. The van der Waals surface area contributed by atoms with E-state index < -0.39 is 11.2 Å². The van der Waals surface area contributed by atoms with E-state index in [1.54, 1.807) is 0 Å². The van der Waals surface area contributed by atoms with Crippen molar-refractivity contribution in [1.82, 2.24) is 5.06 Å². The lowest BCUT2D eigenvalue weighted by atomic mass is 9.96. The molecule has 22 heavy (non-hydrogen) atoms. The van der Waals surface area contributed by atoms with Gasteiger partial charge in [0, 0.05) is 0 Å². The van der Waals surface area contributed by atoms with Crippen molar-refractivity contribution in [1.29, 1.82) is 0 Å². The zero-order chi connectivity index (χ0) is 16.0. The van der Waals surface area contributed by atoms with Crippen molar-refractivity contribution < 1.29 is 5.21 Å². The van der Waals surface area contributed by atoms with E-state index in [0.717, 1.165) is 16.3 Å². The molecule has 2 aromatic rings. The Hall–Kier alpha value is -1.97. The summed E-state index contributed by atoms with van der Waals surface area (Å²) >= 11 is 0. The lowest BCUT2D eigenvalue weighted by molar-refractivity contribution is -0.240. The van der Waals surface area contributed by atoms with Gasteiger partial charge in [0.2, 0.25) is 0 Å². The molecular weight excluding hydrogens is 272 g/mol. The second kappa shape index (κ2) is 5.04. The highest BCUT2D eigenvalue weighted by atomic mass is 16.5. The van der Waals surface area contributed by atoms with Crippen LogP contribution in [-0.2, 0) is 5.21 Å². The number of hydrogen-bond donors (Lipinski definition) is 0. The minimum absolute atomic E-state index is 0.607. The second-order valence-corrected chi connectivity index (χ2v) is 6.75. The highest BCUT2D eigenvalue weighted by molar-refractivity contribution is 6.07. The molecule has 1 heterocycles. The van der Waals surface area contributed by atoms with E-state index in [4.69, 9.17) is 0 Å². The van der Waals surface area contributed by atoms with Gasteiger partial charge in [0.15, 0.2) is 0 Å². The number of hydrogen-bond acceptors (Lipinski definition) is 2. The van der Waals surface area contributed by atoms with Gasteiger partial charge in [-0.3, -0.25) is 4.99 Å². The van der Waals surface area contributed by atoms with Crippen molar-refractivity contribution in [2.75, 3.05) is 0 Å². The Morgan fingerprint density at radius 3 is 2.32 bits per heavy atom. The van der Waals surface area contributed by atoms with Gasteiger partial charge in [0.1, 0.15) is 5.66 Å². The molecular formula is C19H21N2O. The Kier molecular flexibility index (Phi) is 3.42. The molecule has 0 aromatic heterocycles. The molecule has 0 bridgehead atoms. The highest BCUT2D eigenvalue weighted by Crippen LogP contribution is 2.34. The maximum atomic E-state index is 12.4. The van der Waals surface area contributed by atoms with Crippen molar-refractivity contribution in [2.45, 2.75) is 38.9 Å². The Morgan fingerprint density at radius 2 is 1.64 bits per heavy atom. The van der Waals surface area contributed by atoms with Gasteiger partial charge < -0.3 is 0 Å². The fraction of sp³-hybridized carbons (Fsp3) is 0.316. The average Bonchev–Trinajstić information content (AvgIpc) is 2.65. The first-order chi connectivity index (χ1) is 10.3. The predicted molar refractivity (Wildman–Crippen MR) is 91.1 cm³/mol. The van der Waals surface area contributed by atoms with E-state index in [1.165, 1.54) is 10.8 Å². The van der Waals surface area contributed by atoms with Crippen molar-refractivity contribution in [3.8, 4) is 0 Å². The van der Waals surface area contributed by atoms with Crippen LogP contribution < -0.4 is 0 Å². The average molecular weight is 293 g/mol. The summed E-state index contributed by atoms with van der Waals surface area (Å²) in [5.41, 5.74) is 0.645. The first kappa shape index (κ1) is 14.9. The van der Waals surface area contributed by atoms with E-state index in [1.807, 2.05) is 52.0 Å². The third-order valence-electron chi connectivity index (χ3n) is 4.27. The molecule has 0 fully saturated rings. The number of aliphatic imine (C=N–C) groups is 1. The van der Waals surface area contributed by atoms with Crippen molar-refractivity contribution in [3.63, 3.8) is 0 Å². The van der Waals surface area contributed by atoms with E-state index in [2.05, 4.69) is 35.3 Å². The first-order valence-corrected chi connectivity index (χ1v) is 7.56. The molecule has 3 rings (SSSR count). The number of nitrogens with zero attached hydrogens (tertiary/aromatic N) is 2. The minimum atomic E-state index is -0.706. The van der Waals surface area contributed by atoms with Crippen LogP contribution in [0.5, 0.6) is 0 Å². The Balaban J connectivity index is 2.01. The Labute approximate surface area is 131 Å². The standard InChI is InChI=1S/C19H21N2O/c1-18(2)17(20-19(3,4)21(18)22)13-12-15-10-7-9-14-8-5-6-11-16(14)15/h5-13H,1-4H3/b13-12+. The number of fused-ring (bicyclic) bond motifs is 1. The van der Waals surface area contributed by atoms with Crippen LogP contribution in [0.4, 0.5) is 0 Å².